The van der Waals surface area contributed by atoms with E-state index in [1.54, 1.807) is 0 Å². The van der Waals surface area contributed by atoms with Crippen molar-refractivity contribution in [3.05, 3.63) is 63.2 Å². The van der Waals surface area contributed by atoms with Crippen LogP contribution in [-0.4, -0.2) is 38.9 Å². The minimum absolute atomic E-state index is 0. The molecule has 0 spiro atoms. The smallest absolute Gasteiger partial charge is 0.315 e. The Morgan fingerprint density at radius 3 is 2.58 bits per heavy atom. The molecule has 2 N–H and O–H groups in total. The van der Waals surface area contributed by atoms with Gasteiger partial charge in [0.15, 0.2) is 11.5 Å². The van der Waals surface area contributed by atoms with E-state index in [0.717, 1.165) is 31.6 Å². The van der Waals surface area contributed by atoms with Crippen LogP contribution in [0.4, 0.5) is 5.69 Å². The van der Waals surface area contributed by atoms with Gasteiger partial charge in [-0.25, -0.2) is 0 Å². The van der Waals surface area contributed by atoms with Gasteiger partial charge in [-0.15, -0.1) is 12.4 Å². The fraction of sp³-hybridized carbons (Fsp3) is 0.278. The van der Waals surface area contributed by atoms with Gasteiger partial charge in [-0.2, -0.15) is 0 Å². The van der Waals surface area contributed by atoms with E-state index in [2.05, 4.69) is 17.0 Å². The number of fused-ring (bicyclic) bond motifs is 1. The molecule has 0 aromatic heterocycles. The van der Waals surface area contributed by atoms with Gasteiger partial charge in [0.05, 0.1) is 4.92 Å². The van der Waals surface area contributed by atoms with Crippen molar-refractivity contribution in [2.75, 3.05) is 13.1 Å². The quantitative estimate of drug-likeness (QED) is 0.358. The Labute approximate surface area is 156 Å². The van der Waals surface area contributed by atoms with E-state index in [-0.39, 0.29) is 30.2 Å². The van der Waals surface area contributed by atoms with Crippen molar-refractivity contribution in [2.24, 2.45) is 0 Å². The highest BCUT2D eigenvalue weighted by Crippen LogP contribution is 2.36. The van der Waals surface area contributed by atoms with Gasteiger partial charge in [-0.3, -0.25) is 19.8 Å². The fourth-order valence-corrected chi connectivity index (χ4v) is 3.05. The predicted octanol–water partition coefficient (Wildman–Crippen LogP) is 3.06. The number of phenols is 2. The van der Waals surface area contributed by atoms with Crippen LogP contribution in [0.25, 0.3) is 0 Å². The average molecular weight is 379 g/mol. The molecule has 3 rings (SSSR count). The number of ketones is 1. The number of phenolic OH excluding ortho intramolecular Hbond substituents is 2. The number of hydrogen-bond donors (Lipinski definition) is 2. The summed E-state index contributed by atoms with van der Waals surface area (Å²) in [5, 5.41) is 30.0. The van der Waals surface area contributed by atoms with E-state index < -0.39 is 22.1 Å². The van der Waals surface area contributed by atoms with Crippen LogP contribution in [0.5, 0.6) is 11.5 Å². The van der Waals surface area contributed by atoms with E-state index in [1.807, 2.05) is 12.1 Å². The van der Waals surface area contributed by atoms with Gasteiger partial charge in [0.2, 0.25) is 5.75 Å². The van der Waals surface area contributed by atoms with Crippen LogP contribution in [-0.2, 0) is 13.0 Å². The molecule has 26 heavy (non-hydrogen) atoms. The molecule has 0 bridgehead atoms. The van der Waals surface area contributed by atoms with Gasteiger partial charge in [0.1, 0.15) is 0 Å². The number of carbonyl (C=O) groups excluding carboxylic acids is 1. The Hall–Kier alpha value is -2.64. The first kappa shape index (κ1) is 19.7. The maximum Gasteiger partial charge on any atom is 0.315 e. The average Bonchev–Trinajstić information content (AvgIpc) is 2.61. The number of nitro benzene ring substituents is 1. The molecular formula is C18H19ClN2O5. The van der Waals surface area contributed by atoms with Crippen molar-refractivity contribution in [3.8, 4) is 11.5 Å². The number of Topliss-reactive ketones (excluding diaryl/α,β-unsaturated/α-hetero) is 1. The minimum atomic E-state index is -0.826. The van der Waals surface area contributed by atoms with E-state index in [4.69, 9.17) is 0 Å². The van der Waals surface area contributed by atoms with Crippen molar-refractivity contribution in [1.82, 2.24) is 4.90 Å². The van der Waals surface area contributed by atoms with Gasteiger partial charge < -0.3 is 10.2 Å². The molecule has 138 valence electrons. The summed E-state index contributed by atoms with van der Waals surface area (Å²) in [6.07, 6.45) is 1.11. The molecule has 2 aromatic carbocycles. The van der Waals surface area contributed by atoms with E-state index >= 15 is 0 Å². The van der Waals surface area contributed by atoms with Crippen LogP contribution in [0.15, 0.2) is 36.4 Å². The number of nitrogens with zero attached hydrogens (tertiary/aromatic N) is 2. The predicted molar refractivity (Wildman–Crippen MR) is 98.0 cm³/mol. The summed E-state index contributed by atoms with van der Waals surface area (Å²) >= 11 is 0. The number of nitro groups is 1. The lowest BCUT2D eigenvalue weighted by Gasteiger charge is -2.28. The summed E-state index contributed by atoms with van der Waals surface area (Å²) in [4.78, 5) is 24.6. The van der Waals surface area contributed by atoms with Gasteiger partial charge in [0, 0.05) is 37.7 Å². The normalized spacial score (nSPS) is 13.5. The molecule has 2 aromatic rings. The molecule has 1 aliphatic rings. The highest BCUT2D eigenvalue weighted by molar-refractivity contribution is 5.97. The van der Waals surface area contributed by atoms with Gasteiger partial charge in [-0.05, 0) is 23.6 Å². The van der Waals surface area contributed by atoms with Gasteiger partial charge in [0.25, 0.3) is 0 Å². The Morgan fingerprint density at radius 2 is 1.88 bits per heavy atom. The standard InChI is InChI=1S/C18H18N2O5.ClH/c21-16(14-9-15(20(24)25)18(23)17(22)10-14)6-8-19-7-5-12-3-1-2-4-13(12)11-19;/h1-4,9-10,22-23H,5-8,11H2;1H. The number of halogens is 1. The Bertz CT molecular complexity index is 840. The van der Waals surface area contributed by atoms with Crippen LogP contribution in [0.2, 0.25) is 0 Å². The van der Waals surface area contributed by atoms with Gasteiger partial charge in [-0.1, -0.05) is 24.3 Å². The molecular weight excluding hydrogens is 360 g/mol. The number of carbonyl (C=O) groups is 1. The second-order valence-corrected chi connectivity index (χ2v) is 6.09. The van der Waals surface area contributed by atoms with Crippen molar-refractivity contribution >= 4 is 23.9 Å². The molecule has 0 saturated heterocycles. The van der Waals surface area contributed by atoms with Crippen LogP contribution >= 0.6 is 12.4 Å². The SMILES string of the molecule is Cl.O=C(CCN1CCc2ccccc2C1)c1cc(O)c(O)c([N+](=O)[O-])c1. The Morgan fingerprint density at radius 1 is 1.19 bits per heavy atom. The maximum atomic E-state index is 12.3. The molecule has 1 aliphatic heterocycles. The summed E-state index contributed by atoms with van der Waals surface area (Å²) in [5.74, 6) is -1.80. The zero-order chi connectivity index (χ0) is 18.0. The maximum absolute atomic E-state index is 12.3. The summed E-state index contributed by atoms with van der Waals surface area (Å²) < 4.78 is 0. The van der Waals surface area contributed by atoms with E-state index in [9.17, 15) is 25.1 Å². The van der Waals surface area contributed by atoms with Crippen LogP contribution in [0.3, 0.4) is 0 Å². The third kappa shape index (κ3) is 4.12. The summed E-state index contributed by atoms with van der Waals surface area (Å²) in [5.41, 5.74) is 1.93. The van der Waals surface area contributed by atoms with Crippen LogP contribution in [0, 0.1) is 10.1 Å². The molecule has 0 saturated carbocycles. The van der Waals surface area contributed by atoms with Crippen LogP contribution in [0.1, 0.15) is 27.9 Å². The Balaban J connectivity index is 0.00000243. The minimum Gasteiger partial charge on any atom is -0.504 e. The van der Waals surface area contributed by atoms with Gasteiger partial charge >= 0.3 is 5.69 Å². The highest BCUT2D eigenvalue weighted by atomic mass is 35.5. The first-order valence-electron chi connectivity index (χ1n) is 7.98. The molecule has 0 radical (unpaired) electrons. The van der Waals surface area contributed by atoms with Crippen molar-refractivity contribution in [3.63, 3.8) is 0 Å². The molecule has 0 amide bonds. The first-order valence-corrected chi connectivity index (χ1v) is 7.98. The molecule has 0 aliphatic carbocycles. The fourth-order valence-electron chi connectivity index (χ4n) is 3.05. The molecule has 0 unspecified atom stereocenters. The largest absolute Gasteiger partial charge is 0.504 e. The Kier molecular flexibility index (Phi) is 6.18. The van der Waals surface area contributed by atoms with E-state index in [0.29, 0.717) is 6.54 Å². The number of benzene rings is 2. The second-order valence-electron chi connectivity index (χ2n) is 6.09. The molecule has 8 heteroatoms. The summed E-state index contributed by atoms with van der Waals surface area (Å²) in [6, 6.07) is 10.3. The van der Waals surface area contributed by atoms with Crippen molar-refractivity contribution < 1.29 is 19.9 Å². The van der Waals surface area contributed by atoms with Crippen molar-refractivity contribution in [2.45, 2.75) is 19.4 Å². The summed E-state index contributed by atoms with van der Waals surface area (Å²) in [6.45, 7) is 2.15. The number of hydrogen-bond acceptors (Lipinski definition) is 6. The topological polar surface area (TPSA) is 104 Å². The molecule has 7 nitrogen and oxygen atoms in total. The zero-order valence-corrected chi connectivity index (χ0v) is 14.7. The first-order chi connectivity index (χ1) is 12.0. The van der Waals surface area contributed by atoms with E-state index in [1.165, 1.54) is 11.1 Å². The third-order valence-electron chi connectivity index (χ3n) is 4.45. The molecule has 0 atom stereocenters. The molecule has 0 fully saturated rings. The number of aromatic hydroxyl groups is 2. The summed E-state index contributed by atoms with van der Waals surface area (Å²) in [7, 11) is 0. The van der Waals surface area contributed by atoms with Crippen molar-refractivity contribution in [1.29, 1.82) is 0 Å². The monoisotopic (exact) mass is 378 g/mol. The molecule has 1 heterocycles. The lowest BCUT2D eigenvalue weighted by Crippen LogP contribution is -2.32. The lowest BCUT2D eigenvalue weighted by atomic mass is 9.99. The lowest BCUT2D eigenvalue weighted by molar-refractivity contribution is -0.386. The van der Waals surface area contributed by atoms with Crippen LogP contribution < -0.4 is 0 Å². The third-order valence-corrected chi connectivity index (χ3v) is 4.45. The second kappa shape index (κ2) is 8.16. The highest BCUT2D eigenvalue weighted by Gasteiger charge is 2.22. The zero-order valence-electron chi connectivity index (χ0n) is 13.9. The number of rotatable bonds is 5.